The van der Waals surface area contributed by atoms with E-state index in [1.165, 1.54) is 0 Å². The van der Waals surface area contributed by atoms with Gasteiger partial charge >= 0.3 is 5.97 Å². The van der Waals surface area contributed by atoms with E-state index in [9.17, 15) is 4.79 Å². The first kappa shape index (κ1) is 12.1. The maximum Gasteiger partial charge on any atom is 0.305 e. The molecular formula is C9H17NO3. The second-order valence-electron chi connectivity index (χ2n) is 2.38. The first-order valence-corrected chi connectivity index (χ1v) is 4.36. The first-order valence-electron chi connectivity index (χ1n) is 4.36. The Morgan fingerprint density at radius 1 is 1.77 bits per heavy atom. The summed E-state index contributed by atoms with van der Waals surface area (Å²) < 4.78 is 9.42. The number of esters is 1. The van der Waals surface area contributed by atoms with Crippen LogP contribution in [-0.2, 0) is 14.3 Å². The summed E-state index contributed by atoms with van der Waals surface area (Å²) in [5.41, 5.74) is 0. The van der Waals surface area contributed by atoms with E-state index in [1.54, 1.807) is 13.0 Å². The Morgan fingerprint density at radius 2 is 2.54 bits per heavy atom. The normalized spacial score (nSPS) is 14.2. The van der Waals surface area contributed by atoms with Crippen LogP contribution in [-0.4, -0.2) is 32.5 Å². The maximum atomic E-state index is 10.3. The number of hydrogen-bond acceptors (Lipinski definition) is 4. The Hall–Kier alpha value is -0.870. The van der Waals surface area contributed by atoms with Crippen molar-refractivity contribution in [2.24, 2.45) is 0 Å². The van der Waals surface area contributed by atoms with Gasteiger partial charge in [0, 0.05) is 13.0 Å². The van der Waals surface area contributed by atoms with Gasteiger partial charge in [-0.1, -0.05) is 19.6 Å². The van der Waals surface area contributed by atoms with Gasteiger partial charge in [0.15, 0.2) is 0 Å². The predicted octanol–water partition coefficient (Wildman–Crippen LogP) is 0.689. The van der Waals surface area contributed by atoms with Crippen molar-refractivity contribution >= 4 is 5.97 Å². The summed E-state index contributed by atoms with van der Waals surface area (Å²) in [6.07, 6.45) is 1.99. The van der Waals surface area contributed by atoms with Crippen LogP contribution < -0.4 is 5.32 Å². The molecule has 0 spiro atoms. The Bertz CT molecular complexity index is 136. The monoisotopic (exact) mass is 187 g/mol. The van der Waals surface area contributed by atoms with Gasteiger partial charge in [-0.05, 0) is 0 Å². The van der Waals surface area contributed by atoms with Gasteiger partial charge in [0.1, 0.15) is 6.61 Å². The minimum absolute atomic E-state index is 0.176. The van der Waals surface area contributed by atoms with E-state index < -0.39 is 0 Å². The molecule has 1 N–H and O–H groups in total. The van der Waals surface area contributed by atoms with E-state index in [2.05, 4.69) is 16.6 Å². The van der Waals surface area contributed by atoms with Crippen LogP contribution in [0, 0.1) is 0 Å². The fraction of sp³-hybridized carbons (Fsp3) is 0.667. The number of rotatable bonds is 3. The second-order valence-corrected chi connectivity index (χ2v) is 2.38. The number of carbonyl (C=O) groups excluding carboxylic acids is 1. The van der Waals surface area contributed by atoms with E-state index in [0.717, 1.165) is 19.9 Å². The highest BCUT2D eigenvalue weighted by atomic mass is 16.5. The smallest absolute Gasteiger partial charge is 0.305 e. The molecule has 1 rings (SSSR count). The van der Waals surface area contributed by atoms with Crippen molar-refractivity contribution in [2.75, 3.05) is 26.5 Å². The Kier molecular flexibility index (Phi) is 8.60. The van der Waals surface area contributed by atoms with Crippen molar-refractivity contribution < 1.29 is 14.3 Å². The minimum Gasteiger partial charge on any atom is -0.461 e. The fourth-order valence-electron chi connectivity index (χ4n) is 0.615. The molecule has 0 aliphatic carbocycles. The standard InChI is InChI=1S/C6H10O2.C3H7NO/c1-3-5-8-6(7)4-2;1-2-5-3-4-1/h3H,1,4-5H2,2H3;4H,1-3H2. The molecule has 13 heavy (non-hydrogen) atoms. The molecule has 0 atom stereocenters. The van der Waals surface area contributed by atoms with Crippen molar-refractivity contribution in [1.82, 2.24) is 5.32 Å². The van der Waals surface area contributed by atoms with Crippen LogP contribution >= 0.6 is 0 Å². The summed E-state index contributed by atoms with van der Waals surface area (Å²) in [6.45, 7) is 8.14. The lowest BCUT2D eigenvalue weighted by Gasteiger charge is -1.94. The number of ether oxygens (including phenoxy) is 2. The number of carbonyl (C=O) groups is 1. The third-order valence-electron chi connectivity index (χ3n) is 1.28. The lowest BCUT2D eigenvalue weighted by atomic mass is 10.5. The molecule has 4 heteroatoms. The van der Waals surface area contributed by atoms with Crippen molar-refractivity contribution in [3.05, 3.63) is 12.7 Å². The molecule has 76 valence electrons. The van der Waals surface area contributed by atoms with Crippen LogP contribution in [0.25, 0.3) is 0 Å². The average molecular weight is 187 g/mol. The second kappa shape index (κ2) is 9.22. The van der Waals surface area contributed by atoms with Crippen LogP contribution in [0.5, 0.6) is 0 Å². The lowest BCUT2D eigenvalue weighted by Crippen LogP contribution is -2.05. The van der Waals surface area contributed by atoms with Crippen LogP contribution in [0.4, 0.5) is 0 Å². The summed E-state index contributed by atoms with van der Waals surface area (Å²) in [6, 6.07) is 0. The summed E-state index contributed by atoms with van der Waals surface area (Å²) in [5.74, 6) is -0.176. The topological polar surface area (TPSA) is 47.6 Å². The van der Waals surface area contributed by atoms with Crippen LogP contribution in [0.2, 0.25) is 0 Å². The Balaban J connectivity index is 0.000000243. The summed E-state index contributed by atoms with van der Waals surface area (Å²) in [5, 5.41) is 3.00. The van der Waals surface area contributed by atoms with E-state index in [-0.39, 0.29) is 5.97 Å². The predicted molar refractivity (Wildman–Crippen MR) is 50.3 cm³/mol. The Morgan fingerprint density at radius 3 is 2.85 bits per heavy atom. The molecule has 1 aliphatic heterocycles. The van der Waals surface area contributed by atoms with Crippen molar-refractivity contribution in [2.45, 2.75) is 13.3 Å². The highest BCUT2D eigenvalue weighted by Crippen LogP contribution is 1.82. The molecule has 0 aromatic carbocycles. The van der Waals surface area contributed by atoms with Gasteiger partial charge < -0.3 is 9.47 Å². The van der Waals surface area contributed by atoms with Gasteiger partial charge in [-0.15, -0.1) is 0 Å². The Labute approximate surface area is 78.9 Å². The SMILES string of the molecule is C1COCN1.C=CCOC(=O)CC. The van der Waals surface area contributed by atoms with Gasteiger partial charge in [-0.2, -0.15) is 0 Å². The molecule has 0 aromatic rings. The molecule has 0 amide bonds. The van der Waals surface area contributed by atoms with E-state index in [0.29, 0.717) is 13.0 Å². The summed E-state index contributed by atoms with van der Waals surface area (Å²) in [4.78, 5) is 10.3. The molecule has 1 aliphatic rings. The van der Waals surface area contributed by atoms with E-state index in [1.807, 2.05) is 0 Å². The fourth-order valence-corrected chi connectivity index (χ4v) is 0.615. The lowest BCUT2D eigenvalue weighted by molar-refractivity contribution is -0.141. The molecule has 1 saturated heterocycles. The molecule has 1 heterocycles. The van der Waals surface area contributed by atoms with Gasteiger partial charge in [-0.25, -0.2) is 0 Å². The molecule has 1 fully saturated rings. The van der Waals surface area contributed by atoms with Crippen LogP contribution in [0.15, 0.2) is 12.7 Å². The van der Waals surface area contributed by atoms with Gasteiger partial charge in [0.05, 0.1) is 13.3 Å². The van der Waals surface area contributed by atoms with Gasteiger partial charge in [0.25, 0.3) is 0 Å². The zero-order valence-electron chi connectivity index (χ0n) is 8.04. The number of nitrogens with one attached hydrogen (secondary N) is 1. The highest BCUT2D eigenvalue weighted by molar-refractivity contribution is 5.68. The minimum atomic E-state index is -0.176. The van der Waals surface area contributed by atoms with Gasteiger partial charge in [-0.3, -0.25) is 10.1 Å². The quantitative estimate of drug-likeness (QED) is 0.521. The molecule has 4 nitrogen and oxygen atoms in total. The van der Waals surface area contributed by atoms with Crippen molar-refractivity contribution in [3.8, 4) is 0 Å². The molecule has 0 radical (unpaired) electrons. The zero-order valence-corrected chi connectivity index (χ0v) is 8.04. The average Bonchev–Trinajstić information content (AvgIpc) is 2.72. The van der Waals surface area contributed by atoms with Crippen molar-refractivity contribution in [1.29, 1.82) is 0 Å². The number of hydrogen-bond donors (Lipinski definition) is 1. The molecular weight excluding hydrogens is 170 g/mol. The maximum absolute atomic E-state index is 10.3. The zero-order chi connectivity index (χ0) is 9.94. The first-order chi connectivity index (χ1) is 6.31. The van der Waals surface area contributed by atoms with Crippen LogP contribution in [0.1, 0.15) is 13.3 Å². The van der Waals surface area contributed by atoms with E-state index >= 15 is 0 Å². The van der Waals surface area contributed by atoms with Crippen molar-refractivity contribution in [3.63, 3.8) is 0 Å². The largest absolute Gasteiger partial charge is 0.461 e. The molecule has 0 unspecified atom stereocenters. The third-order valence-corrected chi connectivity index (χ3v) is 1.28. The highest BCUT2D eigenvalue weighted by Gasteiger charge is 1.92. The summed E-state index contributed by atoms with van der Waals surface area (Å²) >= 11 is 0. The van der Waals surface area contributed by atoms with Gasteiger partial charge in [0.2, 0.25) is 0 Å². The molecule has 0 aromatic heterocycles. The molecule has 0 saturated carbocycles. The van der Waals surface area contributed by atoms with Crippen LogP contribution in [0.3, 0.4) is 0 Å². The molecule has 0 bridgehead atoms. The third kappa shape index (κ3) is 9.04. The van der Waals surface area contributed by atoms with E-state index in [4.69, 9.17) is 4.74 Å². The summed E-state index contributed by atoms with van der Waals surface area (Å²) in [7, 11) is 0.